The normalized spacial score (nSPS) is 21.1. The molecule has 2 aromatic carbocycles. The van der Waals surface area contributed by atoms with Crippen molar-refractivity contribution in [2.45, 2.75) is 63.3 Å². The van der Waals surface area contributed by atoms with Crippen LogP contribution in [0.1, 0.15) is 55.7 Å². The second-order valence-corrected chi connectivity index (χ2v) is 12.6. The van der Waals surface area contributed by atoms with Crippen LogP contribution in [0.15, 0.2) is 48.7 Å². The van der Waals surface area contributed by atoms with Crippen molar-refractivity contribution in [3.05, 3.63) is 69.8 Å². The zero-order chi connectivity index (χ0) is 31.7. The zero-order valence-corrected chi connectivity index (χ0v) is 25.8. The molecule has 1 aliphatic carbocycles. The third-order valence-electron chi connectivity index (χ3n) is 8.59. The minimum atomic E-state index is -4.60. The molecular formula is C31H33Cl2F3N8O. The number of halogens is 5. The maximum atomic E-state index is 13.4. The molecule has 238 valence electrons. The van der Waals surface area contributed by atoms with Crippen molar-refractivity contribution in [3.63, 3.8) is 0 Å². The summed E-state index contributed by atoms with van der Waals surface area (Å²) in [6.07, 6.45) is 1.48. The minimum Gasteiger partial charge on any atom is -0.369 e. The topological polar surface area (TPSA) is 114 Å². The second kappa shape index (κ2) is 13.0. The molecule has 0 radical (unpaired) electrons. The largest absolute Gasteiger partial charge is 0.416 e. The summed E-state index contributed by atoms with van der Waals surface area (Å²) in [6, 6.07) is 12.0. The maximum absolute atomic E-state index is 13.4. The summed E-state index contributed by atoms with van der Waals surface area (Å²) < 4.78 is 42.0. The second-order valence-electron chi connectivity index (χ2n) is 11.8. The van der Waals surface area contributed by atoms with Crippen molar-refractivity contribution in [2.75, 3.05) is 23.7 Å². The number of hydrogen-bond donors (Lipinski definition) is 3. The first kappa shape index (κ1) is 31.4. The fraction of sp³-hybridized carbons (Fsp3) is 0.419. The maximum Gasteiger partial charge on any atom is 0.416 e. The number of rotatable bonds is 8. The number of carbonyl (C=O) groups is 1. The molecule has 1 aliphatic heterocycles. The van der Waals surface area contributed by atoms with Gasteiger partial charge in [-0.3, -0.25) is 14.3 Å². The lowest BCUT2D eigenvalue weighted by Gasteiger charge is -2.33. The number of carbonyl (C=O) groups excluding carboxylic acids is 1. The number of imidazole rings is 1. The van der Waals surface area contributed by atoms with E-state index in [2.05, 4.69) is 32.7 Å². The number of nitrogens with one attached hydrogen (secondary N) is 2. The van der Waals surface area contributed by atoms with Crippen LogP contribution in [-0.4, -0.2) is 49.5 Å². The Morgan fingerprint density at radius 3 is 2.40 bits per heavy atom. The number of hydrogen-bond acceptors (Lipinski definition) is 7. The van der Waals surface area contributed by atoms with Crippen LogP contribution in [0.4, 0.5) is 30.8 Å². The molecule has 1 atom stereocenters. The number of likely N-dealkylation sites (tertiary alicyclic amines) is 1. The van der Waals surface area contributed by atoms with Gasteiger partial charge in [0.25, 0.3) is 0 Å². The number of alkyl halides is 3. The molecule has 0 spiro atoms. The van der Waals surface area contributed by atoms with Crippen LogP contribution in [0, 0.1) is 5.92 Å². The van der Waals surface area contributed by atoms with E-state index in [-0.39, 0.29) is 39.6 Å². The molecular weight excluding hydrogens is 628 g/mol. The van der Waals surface area contributed by atoms with E-state index in [1.165, 1.54) is 5.56 Å². The van der Waals surface area contributed by atoms with Gasteiger partial charge >= 0.3 is 6.18 Å². The highest BCUT2D eigenvalue weighted by Gasteiger charge is 2.33. The predicted molar refractivity (Wildman–Crippen MR) is 169 cm³/mol. The van der Waals surface area contributed by atoms with Gasteiger partial charge in [-0.05, 0) is 62.8 Å². The predicted octanol–water partition coefficient (Wildman–Crippen LogP) is 7.19. The molecule has 0 bridgehead atoms. The van der Waals surface area contributed by atoms with Gasteiger partial charge in [0.1, 0.15) is 5.52 Å². The third kappa shape index (κ3) is 7.13. The molecule has 45 heavy (non-hydrogen) atoms. The van der Waals surface area contributed by atoms with Crippen LogP contribution in [0.3, 0.4) is 0 Å². The van der Waals surface area contributed by atoms with Crippen LogP contribution in [-0.2, 0) is 17.5 Å². The average molecular weight is 662 g/mol. The molecule has 3 heterocycles. The highest BCUT2D eigenvalue weighted by molar-refractivity contribution is 6.39. The number of aromatic nitrogens is 4. The molecule has 4 aromatic rings. The fourth-order valence-corrected chi connectivity index (χ4v) is 6.90. The van der Waals surface area contributed by atoms with Gasteiger partial charge in [-0.2, -0.15) is 18.2 Å². The van der Waals surface area contributed by atoms with E-state index in [0.29, 0.717) is 48.7 Å². The monoisotopic (exact) mass is 660 g/mol. The van der Waals surface area contributed by atoms with E-state index in [9.17, 15) is 18.0 Å². The fourth-order valence-electron chi connectivity index (χ4n) is 6.32. The average Bonchev–Trinajstić information content (AvgIpc) is 3.36. The van der Waals surface area contributed by atoms with Gasteiger partial charge in [0.2, 0.25) is 17.8 Å². The standard InChI is InChI=1S/C31H33Cl2F3N8O/c32-23-13-20(31(34,35)36)14-24(33)26(23)41-30-40-25-15-38-29(42-28(25)44(30)22-10-8-19(9-11-22)27(37)45)39-21-7-4-12-43(17-21)16-18-5-2-1-3-6-18/h1-3,5-6,13-15,19,21-22H,4,7-12,16-17H2,(H2,37,45)(H,40,41)(H,38,39,42)/t19-,21-,22+/m1/s1. The number of benzene rings is 2. The van der Waals surface area contributed by atoms with Gasteiger partial charge < -0.3 is 16.4 Å². The first-order valence-corrected chi connectivity index (χ1v) is 15.7. The van der Waals surface area contributed by atoms with Crippen molar-refractivity contribution >= 4 is 57.9 Å². The Balaban J connectivity index is 1.29. The molecule has 14 heteroatoms. The van der Waals surface area contributed by atoms with Crippen molar-refractivity contribution in [1.29, 1.82) is 0 Å². The number of nitrogens with zero attached hydrogens (tertiary/aromatic N) is 5. The Morgan fingerprint density at radius 1 is 1.02 bits per heavy atom. The minimum absolute atomic E-state index is 0.0979. The summed E-state index contributed by atoms with van der Waals surface area (Å²) in [5, 5.41) is 6.18. The van der Waals surface area contributed by atoms with Gasteiger partial charge in [0, 0.05) is 31.1 Å². The van der Waals surface area contributed by atoms with Crippen molar-refractivity contribution in [2.24, 2.45) is 11.7 Å². The summed E-state index contributed by atoms with van der Waals surface area (Å²) in [5.41, 5.74) is 7.03. The van der Waals surface area contributed by atoms with Crippen LogP contribution in [0.25, 0.3) is 11.2 Å². The molecule has 2 aliphatic rings. The Hall–Kier alpha value is -3.61. The van der Waals surface area contributed by atoms with Crippen LogP contribution >= 0.6 is 23.2 Å². The lowest BCUT2D eigenvalue weighted by Crippen LogP contribution is -2.41. The highest BCUT2D eigenvalue weighted by atomic mass is 35.5. The summed E-state index contributed by atoms with van der Waals surface area (Å²) in [4.78, 5) is 28.4. The smallest absolute Gasteiger partial charge is 0.369 e. The molecule has 9 nitrogen and oxygen atoms in total. The van der Waals surface area contributed by atoms with Crippen LogP contribution < -0.4 is 16.4 Å². The van der Waals surface area contributed by atoms with Crippen LogP contribution in [0.5, 0.6) is 0 Å². The Bertz CT molecular complexity index is 1650. The van der Waals surface area contributed by atoms with Gasteiger partial charge in [-0.1, -0.05) is 53.5 Å². The number of fused-ring (bicyclic) bond motifs is 1. The van der Waals surface area contributed by atoms with Crippen molar-refractivity contribution in [3.8, 4) is 0 Å². The number of amides is 1. The first-order valence-electron chi connectivity index (χ1n) is 15.0. The number of anilines is 3. The quantitative estimate of drug-likeness (QED) is 0.183. The Kier molecular flexibility index (Phi) is 9.07. The zero-order valence-electron chi connectivity index (χ0n) is 24.3. The summed E-state index contributed by atoms with van der Waals surface area (Å²) in [7, 11) is 0. The summed E-state index contributed by atoms with van der Waals surface area (Å²) in [5.74, 6) is 0.226. The molecule has 1 saturated heterocycles. The molecule has 1 amide bonds. The SMILES string of the molecule is NC(=O)[C@H]1CC[C@@H](n2c(Nc3c(Cl)cc(C(F)(F)F)cc3Cl)nc3cnc(N[C@@H]4CCCN(Cc5ccccc5)C4)nc32)CC1. The number of piperidine rings is 1. The van der Waals surface area contributed by atoms with E-state index in [4.69, 9.17) is 38.9 Å². The number of nitrogens with two attached hydrogens (primary N) is 1. The lowest BCUT2D eigenvalue weighted by molar-refractivity contribution is -0.137. The van der Waals surface area contributed by atoms with E-state index in [0.717, 1.165) is 44.6 Å². The van der Waals surface area contributed by atoms with E-state index >= 15 is 0 Å². The van der Waals surface area contributed by atoms with Crippen molar-refractivity contribution in [1.82, 2.24) is 24.4 Å². The van der Waals surface area contributed by atoms with Gasteiger partial charge in [0.15, 0.2) is 5.65 Å². The highest BCUT2D eigenvalue weighted by Crippen LogP contribution is 2.42. The third-order valence-corrected chi connectivity index (χ3v) is 9.19. The van der Waals surface area contributed by atoms with E-state index in [1.54, 1.807) is 6.20 Å². The molecule has 1 saturated carbocycles. The molecule has 6 rings (SSSR count). The molecule has 2 aromatic heterocycles. The van der Waals surface area contributed by atoms with Crippen molar-refractivity contribution < 1.29 is 18.0 Å². The molecule has 4 N–H and O–H groups in total. The van der Waals surface area contributed by atoms with E-state index in [1.807, 2.05) is 22.8 Å². The van der Waals surface area contributed by atoms with Gasteiger partial charge in [-0.25, -0.2) is 9.97 Å². The summed E-state index contributed by atoms with van der Waals surface area (Å²) >= 11 is 12.6. The Labute approximate surface area is 268 Å². The Morgan fingerprint density at radius 2 is 1.73 bits per heavy atom. The van der Waals surface area contributed by atoms with Gasteiger partial charge in [0.05, 0.1) is 27.5 Å². The van der Waals surface area contributed by atoms with Crippen LogP contribution in [0.2, 0.25) is 10.0 Å². The summed E-state index contributed by atoms with van der Waals surface area (Å²) in [6.45, 7) is 2.71. The first-order chi connectivity index (χ1) is 21.5. The van der Waals surface area contributed by atoms with E-state index < -0.39 is 11.7 Å². The molecule has 0 unspecified atom stereocenters. The molecule has 2 fully saturated rings. The lowest BCUT2D eigenvalue weighted by atomic mass is 9.85. The van der Waals surface area contributed by atoms with Gasteiger partial charge in [-0.15, -0.1) is 0 Å². The number of primary amides is 1.